The monoisotopic (exact) mass is 389 g/mol. The molecule has 2 aromatic heterocycles. The lowest BCUT2D eigenvalue weighted by Crippen LogP contribution is -2.23. The number of hydrogen-bond donors (Lipinski definition) is 0. The summed E-state index contributed by atoms with van der Waals surface area (Å²) in [5.74, 6) is 0.846. The van der Waals surface area contributed by atoms with Gasteiger partial charge in [0.2, 0.25) is 0 Å². The molecule has 0 bridgehead atoms. The molecule has 29 heavy (non-hydrogen) atoms. The minimum absolute atomic E-state index is 0.0406. The lowest BCUT2D eigenvalue weighted by molar-refractivity contribution is 0.475. The zero-order chi connectivity index (χ0) is 20.5. The van der Waals surface area contributed by atoms with Crippen LogP contribution in [0.5, 0.6) is 11.5 Å². The molecule has 0 aliphatic heterocycles. The van der Waals surface area contributed by atoms with Crippen molar-refractivity contribution in [1.29, 1.82) is 5.26 Å². The van der Waals surface area contributed by atoms with Crippen molar-refractivity contribution in [2.45, 2.75) is 33.2 Å². The van der Waals surface area contributed by atoms with E-state index in [1.165, 1.54) is 12.1 Å². The van der Waals surface area contributed by atoms with E-state index in [-0.39, 0.29) is 16.7 Å². The van der Waals surface area contributed by atoms with Gasteiger partial charge in [-0.05, 0) is 50.8 Å². The Morgan fingerprint density at radius 3 is 2.48 bits per heavy atom. The van der Waals surface area contributed by atoms with Crippen molar-refractivity contribution in [2.75, 3.05) is 0 Å². The summed E-state index contributed by atoms with van der Waals surface area (Å²) in [6.07, 6.45) is 3.84. The highest BCUT2D eigenvalue weighted by Gasteiger charge is 2.23. The second-order valence-electron chi connectivity index (χ2n) is 7.45. The van der Waals surface area contributed by atoms with Crippen LogP contribution < -0.4 is 10.3 Å². The van der Waals surface area contributed by atoms with Crippen LogP contribution in [0.25, 0.3) is 11.1 Å². The van der Waals surface area contributed by atoms with Gasteiger partial charge in [-0.2, -0.15) is 5.26 Å². The molecule has 1 aliphatic carbocycles. The van der Waals surface area contributed by atoms with Gasteiger partial charge in [0, 0.05) is 53.5 Å². The highest BCUT2D eigenvalue weighted by Crippen LogP contribution is 2.32. The maximum atomic E-state index is 14.9. The first-order valence-corrected chi connectivity index (χ1v) is 9.51. The Labute approximate surface area is 168 Å². The number of pyridine rings is 2. The molecule has 3 aromatic rings. The normalized spacial score (nSPS) is 13.2. The molecule has 0 radical (unpaired) electrons. The van der Waals surface area contributed by atoms with Gasteiger partial charge in [-0.3, -0.25) is 9.78 Å². The average molecular weight is 389 g/mol. The highest BCUT2D eigenvalue weighted by atomic mass is 19.1. The van der Waals surface area contributed by atoms with E-state index < -0.39 is 5.82 Å². The van der Waals surface area contributed by atoms with Crippen molar-refractivity contribution in [2.24, 2.45) is 5.92 Å². The van der Waals surface area contributed by atoms with Crippen LogP contribution in [-0.2, 0) is 6.54 Å². The number of halogens is 1. The molecular formula is C23H20FN3O2. The van der Waals surface area contributed by atoms with Crippen LogP contribution in [0.1, 0.15) is 29.8 Å². The van der Waals surface area contributed by atoms with Crippen molar-refractivity contribution in [3.05, 3.63) is 75.7 Å². The summed E-state index contributed by atoms with van der Waals surface area (Å²) in [4.78, 5) is 16.9. The summed E-state index contributed by atoms with van der Waals surface area (Å²) in [5, 5.41) is 9.51. The van der Waals surface area contributed by atoms with Crippen molar-refractivity contribution in [1.82, 2.24) is 9.55 Å². The van der Waals surface area contributed by atoms with E-state index in [4.69, 9.17) is 4.74 Å². The van der Waals surface area contributed by atoms with Crippen LogP contribution in [0.3, 0.4) is 0 Å². The van der Waals surface area contributed by atoms with Crippen LogP contribution >= 0.6 is 0 Å². The minimum atomic E-state index is -0.555. The molecule has 1 fully saturated rings. The van der Waals surface area contributed by atoms with E-state index in [2.05, 4.69) is 4.98 Å². The smallest absolute Gasteiger partial charge is 0.269 e. The highest BCUT2D eigenvalue weighted by molar-refractivity contribution is 5.71. The van der Waals surface area contributed by atoms with Crippen LogP contribution in [-0.4, -0.2) is 9.55 Å². The fourth-order valence-corrected chi connectivity index (χ4v) is 3.40. The predicted octanol–water partition coefficient (Wildman–Crippen LogP) is 4.74. The number of benzene rings is 1. The summed E-state index contributed by atoms with van der Waals surface area (Å²) in [6, 6.07) is 11.5. The Balaban J connectivity index is 1.66. The van der Waals surface area contributed by atoms with E-state index in [1.54, 1.807) is 35.0 Å². The van der Waals surface area contributed by atoms with Gasteiger partial charge in [0.15, 0.2) is 0 Å². The zero-order valence-electron chi connectivity index (χ0n) is 16.3. The van der Waals surface area contributed by atoms with E-state index in [0.717, 1.165) is 24.2 Å². The molecule has 146 valence electrons. The number of aromatic nitrogens is 2. The first kappa shape index (κ1) is 18.9. The summed E-state index contributed by atoms with van der Waals surface area (Å²) < 4.78 is 22.2. The third-order valence-electron chi connectivity index (χ3n) is 4.95. The molecule has 0 unspecified atom stereocenters. The van der Waals surface area contributed by atoms with Crippen molar-refractivity contribution < 1.29 is 9.13 Å². The maximum Gasteiger partial charge on any atom is 0.269 e. The standard InChI is InChI=1S/C23H20FN3O2/c1-14-9-18(10-15(2)26-14)29-17-5-6-20(22(24)11-17)19-7-8-27(13-16-3-4-16)23(28)21(19)12-25/h5-11,16H,3-4,13H2,1-2H3. The molecule has 0 amide bonds. The fourth-order valence-electron chi connectivity index (χ4n) is 3.40. The summed E-state index contributed by atoms with van der Waals surface area (Å²) >= 11 is 0. The van der Waals surface area contributed by atoms with Gasteiger partial charge >= 0.3 is 0 Å². The Morgan fingerprint density at radius 1 is 1.14 bits per heavy atom. The van der Waals surface area contributed by atoms with Crippen molar-refractivity contribution >= 4 is 0 Å². The molecule has 2 heterocycles. The van der Waals surface area contributed by atoms with Gasteiger partial charge in [-0.1, -0.05) is 0 Å². The summed E-state index contributed by atoms with van der Waals surface area (Å²) in [6.45, 7) is 4.32. The van der Waals surface area contributed by atoms with Gasteiger partial charge in [-0.25, -0.2) is 4.39 Å². The predicted molar refractivity (Wildman–Crippen MR) is 107 cm³/mol. The van der Waals surface area contributed by atoms with Crippen LogP contribution in [0.4, 0.5) is 4.39 Å². The van der Waals surface area contributed by atoms with E-state index in [9.17, 15) is 14.4 Å². The molecule has 0 saturated heterocycles. The van der Waals surface area contributed by atoms with Crippen LogP contribution in [0.2, 0.25) is 0 Å². The van der Waals surface area contributed by atoms with Gasteiger partial charge in [-0.15, -0.1) is 0 Å². The van der Waals surface area contributed by atoms with Gasteiger partial charge in [0.1, 0.15) is 28.9 Å². The Bertz CT molecular complexity index is 1170. The maximum absolute atomic E-state index is 14.9. The van der Waals surface area contributed by atoms with Crippen molar-refractivity contribution in [3.63, 3.8) is 0 Å². The van der Waals surface area contributed by atoms with E-state index >= 15 is 0 Å². The lowest BCUT2D eigenvalue weighted by Gasteiger charge is -2.12. The molecule has 4 rings (SSSR count). The minimum Gasteiger partial charge on any atom is -0.457 e. The first-order valence-electron chi connectivity index (χ1n) is 9.51. The number of hydrogen-bond acceptors (Lipinski definition) is 4. The summed E-state index contributed by atoms with van der Waals surface area (Å²) in [7, 11) is 0. The topological polar surface area (TPSA) is 67.9 Å². The molecule has 1 saturated carbocycles. The SMILES string of the molecule is Cc1cc(Oc2ccc(-c3ccn(CC4CC4)c(=O)c3C#N)c(F)c2)cc(C)n1. The largest absolute Gasteiger partial charge is 0.457 e. The third kappa shape index (κ3) is 4.04. The molecule has 0 atom stereocenters. The Morgan fingerprint density at radius 2 is 1.86 bits per heavy atom. The molecule has 0 spiro atoms. The second-order valence-corrected chi connectivity index (χ2v) is 7.45. The van der Waals surface area contributed by atoms with E-state index in [0.29, 0.717) is 29.5 Å². The van der Waals surface area contributed by atoms with Crippen LogP contribution in [0.15, 0.2) is 47.4 Å². The van der Waals surface area contributed by atoms with Gasteiger partial charge in [0.25, 0.3) is 5.56 Å². The zero-order valence-corrected chi connectivity index (χ0v) is 16.3. The average Bonchev–Trinajstić information content (AvgIpc) is 3.47. The number of nitrogens with zero attached hydrogens (tertiary/aromatic N) is 3. The molecule has 1 aliphatic rings. The Kier molecular flexibility index (Phi) is 4.89. The van der Waals surface area contributed by atoms with Gasteiger partial charge in [0.05, 0.1) is 0 Å². The number of ether oxygens (including phenoxy) is 1. The van der Waals surface area contributed by atoms with Gasteiger partial charge < -0.3 is 9.30 Å². The molecule has 6 heteroatoms. The summed E-state index contributed by atoms with van der Waals surface area (Å²) in [5.41, 5.74) is 1.70. The fraction of sp³-hybridized carbons (Fsp3) is 0.261. The number of nitriles is 1. The third-order valence-corrected chi connectivity index (χ3v) is 4.95. The number of rotatable bonds is 5. The lowest BCUT2D eigenvalue weighted by atomic mass is 10.0. The molecule has 0 N–H and O–H groups in total. The molecule has 1 aromatic carbocycles. The first-order chi connectivity index (χ1) is 13.9. The van der Waals surface area contributed by atoms with E-state index in [1.807, 2.05) is 19.9 Å². The number of aryl methyl sites for hydroxylation is 2. The molecule has 5 nitrogen and oxygen atoms in total. The quantitative estimate of drug-likeness (QED) is 0.632. The molecular weight excluding hydrogens is 369 g/mol. The Hall–Kier alpha value is -3.46. The van der Waals surface area contributed by atoms with Crippen molar-refractivity contribution in [3.8, 4) is 28.7 Å². The van der Waals surface area contributed by atoms with Crippen LogP contribution in [0, 0.1) is 36.9 Å². The second kappa shape index (κ2) is 7.51.